The topological polar surface area (TPSA) is 37.3 Å². The molecule has 0 atom stereocenters. The monoisotopic (exact) mass is 236 g/mol. The number of allylic oxidation sites excluding steroid dienone is 6. The highest BCUT2D eigenvalue weighted by Crippen LogP contribution is 2.28. The molecule has 0 unspecified atom stereocenters. The van der Waals surface area contributed by atoms with Gasteiger partial charge in [-0.3, -0.25) is 4.79 Å². The second-order valence-corrected chi connectivity index (χ2v) is 4.01. The van der Waals surface area contributed by atoms with Gasteiger partial charge in [-0.2, -0.15) is 0 Å². The van der Waals surface area contributed by atoms with Crippen molar-refractivity contribution >= 4 is 5.78 Å². The van der Waals surface area contributed by atoms with Crippen LogP contribution in [0.25, 0.3) is 0 Å². The second kappa shape index (κ2) is 10.0. The molecule has 1 rings (SSSR count). The first-order valence-electron chi connectivity index (χ1n) is 6.20. The van der Waals surface area contributed by atoms with Crippen LogP contribution >= 0.6 is 0 Å². The highest BCUT2D eigenvalue weighted by Gasteiger charge is 2.20. The average molecular weight is 236 g/mol. The molecule has 0 amide bonds. The van der Waals surface area contributed by atoms with Gasteiger partial charge in [0, 0.05) is 20.0 Å². The van der Waals surface area contributed by atoms with Crippen LogP contribution in [-0.4, -0.2) is 18.0 Å². The molecule has 2 nitrogen and oxygen atoms in total. The predicted octanol–water partition coefficient (Wildman–Crippen LogP) is 3.43. The summed E-state index contributed by atoms with van der Waals surface area (Å²) in [5, 5.41) is 7.00. The Hall–Kier alpha value is -1.15. The van der Waals surface area contributed by atoms with E-state index in [1.165, 1.54) is 5.57 Å². The van der Waals surface area contributed by atoms with Crippen molar-refractivity contribution in [3.63, 3.8) is 0 Å². The van der Waals surface area contributed by atoms with Gasteiger partial charge in [-0.25, -0.2) is 0 Å². The van der Waals surface area contributed by atoms with Crippen molar-refractivity contribution in [3.8, 4) is 0 Å². The van der Waals surface area contributed by atoms with Crippen molar-refractivity contribution in [3.05, 3.63) is 36.0 Å². The third-order valence-electron chi connectivity index (χ3n) is 2.85. The van der Waals surface area contributed by atoms with Crippen LogP contribution in [0.15, 0.2) is 36.0 Å². The zero-order valence-corrected chi connectivity index (χ0v) is 11.1. The van der Waals surface area contributed by atoms with Gasteiger partial charge in [0.2, 0.25) is 0 Å². The van der Waals surface area contributed by atoms with E-state index < -0.39 is 0 Å². The molecule has 0 spiro atoms. The minimum absolute atomic E-state index is 0.428. The molecule has 1 saturated carbocycles. The van der Waals surface area contributed by atoms with Crippen LogP contribution in [0.2, 0.25) is 0 Å². The molecule has 1 fully saturated rings. The predicted molar refractivity (Wildman–Crippen MR) is 72.8 cm³/mol. The minimum atomic E-state index is 0.428. The van der Waals surface area contributed by atoms with E-state index in [0.717, 1.165) is 32.8 Å². The number of hydrogen-bond donors (Lipinski definition) is 1. The molecular weight excluding hydrogens is 212 g/mol. The molecule has 17 heavy (non-hydrogen) atoms. The molecule has 1 aliphatic rings. The van der Waals surface area contributed by atoms with E-state index in [-0.39, 0.29) is 0 Å². The van der Waals surface area contributed by atoms with Crippen molar-refractivity contribution in [2.75, 3.05) is 7.11 Å². The number of rotatable bonds is 3. The van der Waals surface area contributed by atoms with Gasteiger partial charge < -0.3 is 5.11 Å². The molecule has 0 aliphatic heterocycles. The molecule has 0 aromatic carbocycles. The molecule has 0 saturated heterocycles. The van der Waals surface area contributed by atoms with Crippen molar-refractivity contribution in [1.82, 2.24) is 0 Å². The molecule has 0 aromatic rings. The molecule has 96 valence electrons. The lowest BCUT2D eigenvalue weighted by molar-refractivity contribution is -0.120. The molecule has 0 bridgehead atoms. The van der Waals surface area contributed by atoms with Crippen molar-refractivity contribution in [1.29, 1.82) is 0 Å². The number of aliphatic hydroxyl groups excluding tert-OH is 1. The van der Waals surface area contributed by atoms with Gasteiger partial charge in [-0.05, 0) is 38.2 Å². The number of Topliss-reactive ketones (excluding diaryl/α,β-unsaturated/α-hetero) is 1. The fraction of sp³-hybridized carbons (Fsp3) is 0.533. The Kier molecular flexibility index (Phi) is 9.35. The summed E-state index contributed by atoms with van der Waals surface area (Å²) in [6, 6.07) is 0. The maximum Gasteiger partial charge on any atom is 0.132 e. The SMILES string of the molecule is CO.C\C=C/C=C(\C=C/C)C1CCC(=O)CC1. The maximum atomic E-state index is 11.2. The maximum absolute atomic E-state index is 11.2. The molecule has 1 aliphatic carbocycles. The van der Waals surface area contributed by atoms with Gasteiger partial charge in [0.05, 0.1) is 0 Å². The van der Waals surface area contributed by atoms with E-state index in [2.05, 4.69) is 24.3 Å². The first-order valence-corrected chi connectivity index (χ1v) is 6.20. The Bertz CT molecular complexity index is 288. The van der Waals surface area contributed by atoms with Crippen molar-refractivity contribution in [2.45, 2.75) is 39.5 Å². The third kappa shape index (κ3) is 6.22. The van der Waals surface area contributed by atoms with Crippen LogP contribution in [0.1, 0.15) is 39.5 Å². The normalized spacial score (nSPS) is 18.6. The molecule has 1 N–H and O–H groups in total. The van der Waals surface area contributed by atoms with E-state index in [1.54, 1.807) is 0 Å². The van der Waals surface area contributed by atoms with Crippen LogP contribution < -0.4 is 0 Å². The van der Waals surface area contributed by atoms with E-state index in [1.807, 2.05) is 19.9 Å². The first kappa shape index (κ1) is 15.9. The Balaban J connectivity index is 0.00000121. The fourth-order valence-electron chi connectivity index (χ4n) is 2.00. The van der Waals surface area contributed by atoms with Crippen molar-refractivity contribution in [2.24, 2.45) is 5.92 Å². The highest BCUT2D eigenvalue weighted by molar-refractivity contribution is 5.79. The number of carbonyl (C=O) groups is 1. The van der Waals surface area contributed by atoms with Crippen LogP contribution in [-0.2, 0) is 4.79 Å². The van der Waals surface area contributed by atoms with Crippen LogP contribution in [0.5, 0.6) is 0 Å². The minimum Gasteiger partial charge on any atom is -0.400 e. The zero-order valence-electron chi connectivity index (χ0n) is 11.1. The summed E-state index contributed by atoms with van der Waals surface area (Å²) in [7, 11) is 1.00. The Morgan fingerprint density at radius 3 is 2.24 bits per heavy atom. The summed E-state index contributed by atoms with van der Waals surface area (Å²) in [5.74, 6) is 1.01. The van der Waals surface area contributed by atoms with Gasteiger partial charge in [0.25, 0.3) is 0 Å². The van der Waals surface area contributed by atoms with Gasteiger partial charge in [-0.1, -0.05) is 30.4 Å². The summed E-state index contributed by atoms with van der Waals surface area (Å²) in [6.07, 6.45) is 14.1. The molecule has 0 heterocycles. The standard InChI is InChI=1S/C14H20O.CH4O/c1-3-5-7-12(6-4-2)13-8-10-14(15)11-9-13;1-2/h3-7,13H,8-11H2,1-2H3;2H,1H3/b5-3-,6-4-,12-7+;. The van der Waals surface area contributed by atoms with E-state index >= 15 is 0 Å². The van der Waals surface area contributed by atoms with Gasteiger partial charge in [0.15, 0.2) is 0 Å². The number of hydrogen-bond acceptors (Lipinski definition) is 2. The number of ketones is 1. The summed E-state index contributed by atoms with van der Waals surface area (Å²) in [5.41, 5.74) is 1.36. The molecular formula is C15H24O2. The average Bonchev–Trinajstić information content (AvgIpc) is 2.38. The Labute approximate surface area is 105 Å². The quantitative estimate of drug-likeness (QED) is 0.762. The second-order valence-electron chi connectivity index (χ2n) is 4.01. The van der Waals surface area contributed by atoms with E-state index in [0.29, 0.717) is 11.7 Å². The fourth-order valence-corrected chi connectivity index (χ4v) is 2.00. The lowest BCUT2D eigenvalue weighted by atomic mass is 9.83. The molecule has 0 aromatic heterocycles. The first-order chi connectivity index (χ1) is 8.27. The zero-order chi connectivity index (χ0) is 13.1. The molecule has 2 heteroatoms. The number of carbonyl (C=O) groups excluding carboxylic acids is 1. The Morgan fingerprint density at radius 2 is 1.76 bits per heavy atom. The van der Waals surface area contributed by atoms with Gasteiger partial charge >= 0.3 is 0 Å². The van der Waals surface area contributed by atoms with Crippen LogP contribution in [0, 0.1) is 5.92 Å². The summed E-state index contributed by atoms with van der Waals surface area (Å²) < 4.78 is 0. The largest absolute Gasteiger partial charge is 0.400 e. The lowest BCUT2D eigenvalue weighted by Gasteiger charge is -2.21. The number of aliphatic hydroxyl groups is 1. The van der Waals surface area contributed by atoms with Gasteiger partial charge in [-0.15, -0.1) is 0 Å². The van der Waals surface area contributed by atoms with E-state index in [9.17, 15) is 4.79 Å². The highest BCUT2D eigenvalue weighted by atomic mass is 16.2. The van der Waals surface area contributed by atoms with Crippen LogP contribution in [0.3, 0.4) is 0 Å². The smallest absolute Gasteiger partial charge is 0.132 e. The summed E-state index contributed by atoms with van der Waals surface area (Å²) in [6.45, 7) is 4.06. The lowest BCUT2D eigenvalue weighted by Crippen LogP contribution is -2.14. The van der Waals surface area contributed by atoms with Gasteiger partial charge in [0.1, 0.15) is 5.78 Å². The van der Waals surface area contributed by atoms with Crippen LogP contribution in [0.4, 0.5) is 0 Å². The summed E-state index contributed by atoms with van der Waals surface area (Å²) in [4.78, 5) is 11.2. The summed E-state index contributed by atoms with van der Waals surface area (Å²) >= 11 is 0. The Morgan fingerprint density at radius 1 is 1.18 bits per heavy atom. The van der Waals surface area contributed by atoms with Crippen molar-refractivity contribution < 1.29 is 9.90 Å². The van der Waals surface area contributed by atoms with E-state index in [4.69, 9.17) is 5.11 Å². The third-order valence-corrected chi connectivity index (χ3v) is 2.85. The molecule has 0 radical (unpaired) electrons.